The minimum Gasteiger partial charge on any atom is -0.430 e. The van der Waals surface area contributed by atoms with Gasteiger partial charge in [-0.3, -0.25) is 9.48 Å². The SMILES string of the molecule is Cn1cc(-c2nc(C3CC3)c(C(=O)N3CCc4[nH]cnc4[C@@H]3c3cc4c(F)cccn4n3)o2)cn1. The lowest BCUT2D eigenvalue weighted by atomic mass is 9.99. The van der Waals surface area contributed by atoms with Crippen LogP contribution in [0.1, 0.15) is 58.1 Å². The number of rotatable bonds is 4. The summed E-state index contributed by atoms with van der Waals surface area (Å²) in [4.78, 5) is 28.1. The highest BCUT2D eigenvalue weighted by atomic mass is 19.1. The number of fused-ring (bicyclic) bond motifs is 2. The zero-order valence-electron chi connectivity index (χ0n) is 18.8. The van der Waals surface area contributed by atoms with Crippen LogP contribution in [0, 0.1) is 5.82 Å². The van der Waals surface area contributed by atoms with Gasteiger partial charge in [0.1, 0.15) is 17.4 Å². The van der Waals surface area contributed by atoms with E-state index in [1.807, 2.05) is 13.2 Å². The molecule has 5 aromatic rings. The highest BCUT2D eigenvalue weighted by Crippen LogP contribution is 2.44. The van der Waals surface area contributed by atoms with Crippen LogP contribution in [-0.4, -0.2) is 51.7 Å². The Kier molecular flexibility index (Phi) is 4.23. The Morgan fingerprint density at radius 1 is 1.29 bits per heavy atom. The van der Waals surface area contributed by atoms with Gasteiger partial charge in [0.05, 0.1) is 35.2 Å². The molecule has 1 saturated carbocycles. The van der Waals surface area contributed by atoms with Gasteiger partial charge in [0.25, 0.3) is 5.91 Å². The van der Waals surface area contributed by atoms with E-state index in [0.29, 0.717) is 47.0 Å². The number of oxazole rings is 1. The number of pyridine rings is 1. The third-order valence-electron chi connectivity index (χ3n) is 6.70. The molecule has 0 radical (unpaired) electrons. The second-order valence-corrected chi connectivity index (χ2v) is 9.08. The summed E-state index contributed by atoms with van der Waals surface area (Å²) < 4.78 is 23.7. The van der Waals surface area contributed by atoms with E-state index in [2.05, 4.69) is 20.2 Å². The topological polar surface area (TPSA) is 110 Å². The number of imidazole rings is 1. The molecule has 0 saturated heterocycles. The van der Waals surface area contributed by atoms with Crippen LogP contribution in [0.15, 0.2) is 47.5 Å². The van der Waals surface area contributed by atoms with Crippen molar-refractivity contribution in [3.63, 3.8) is 0 Å². The molecule has 0 aromatic carbocycles. The summed E-state index contributed by atoms with van der Waals surface area (Å²) in [5, 5.41) is 8.79. The zero-order valence-corrected chi connectivity index (χ0v) is 18.8. The first-order valence-electron chi connectivity index (χ1n) is 11.5. The number of aromatic amines is 1. The van der Waals surface area contributed by atoms with E-state index >= 15 is 0 Å². The zero-order chi connectivity index (χ0) is 23.7. The third kappa shape index (κ3) is 3.18. The maximum Gasteiger partial charge on any atom is 0.292 e. The third-order valence-corrected chi connectivity index (χ3v) is 6.70. The van der Waals surface area contributed by atoms with E-state index in [0.717, 1.165) is 18.5 Å². The molecule has 1 fully saturated rings. The number of carbonyl (C=O) groups is 1. The minimum atomic E-state index is -0.587. The van der Waals surface area contributed by atoms with Crippen molar-refractivity contribution >= 4 is 11.4 Å². The molecule has 35 heavy (non-hydrogen) atoms. The highest BCUT2D eigenvalue weighted by Gasteiger charge is 2.41. The Morgan fingerprint density at radius 2 is 2.17 bits per heavy atom. The van der Waals surface area contributed by atoms with Crippen molar-refractivity contribution in [2.45, 2.75) is 31.2 Å². The van der Waals surface area contributed by atoms with Gasteiger partial charge in [-0.1, -0.05) is 0 Å². The van der Waals surface area contributed by atoms with Crippen molar-refractivity contribution < 1.29 is 13.6 Å². The average molecular weight is 472 g/mol. The van der Waals surface area contributed by atoms with E-state index in [9.17, 15) is 9.18 Å². The summed E-state index contributed by atoms with van der Waals surface area (Å²) >= 11 is 0. The maximum absolute atomic E-state index is 14.4. The Balaban J connectivity index is 1.33. The van der Waals surface area contributed by atoms with Gasteiger partial charge >= 0.3 is 0 Å². The molecule has 10 nitrogen and oxygen atoms in total. The van der Waals surface area contributed by atoms with Crippen molar-refractivity contribution in [3.8, 4) is 11.5 Å². The number of carbonyl (C=O) groups excluding carboxylic acids is 1. The first-order chi connectivity index (χ1) is 17.1. The molecule has 7 rings (SSSR count). The predicted molar refractivity (Wildman–Crippen MR) is 121 cm³/mol. The Morgan fingerprint density at radius 3 is 2.94 bits per heavy atom. The Bertz CT molecular complexity index is 1590. The van der Waals surface area contributed by atoms with Crippen LogP contribution in [0.4, 0.5) is 4.39 Å². The molecule has 176 valence electrons. The molecule has 11 heteroatoms. The molecule has 1 atom stereocenters. The van der Waals surface area contributed by atoms with Gasteiger partial charge in [0.2, 0.25) is 11.7 Å². The second kappa shape index (κ2) is 7.36. The van der Waals surface area contributed by atoms with Gasteiger partial charge in [-0.05, 0) is 31.0 Å². The number of nitrogens with one attached hydrogen (secondary N) is 1. The van der Waals surface area contributed by atoms with Crippen LogP contribution < -0.4 is 0 Å². The number of aryl methyl sites for hydroxylation is 1. The van der Waals surface area contributed by atoms with Gasteiger partial charge in [-0.15, -0.1) is 0 Å². The van der Waals surface area contributed by atoms with Crippen LogP contribution in [0.2, 0.25) is 0 Å². The van der Waals surface area contributed by atoms with E-state index in [1.54, 1.807) is 40.4 Å². The van der Waals surface area contributed by atoms with Crippen LogP contribution in [-0.2, 0) is 13.5 Å². The smallest absolute Gasteiger partial charge is 0.292 e. The lowest BCUT2D eigenvalue weighted by Gasteiger charge is -2.33. The van der Waals surface area contributed by atoms with Crippen LogP contribution in [0.3, 0.4) is 0 Å². The largest absolute Gasteiger partial charge is 0.430 e. The summed E-state index contributed by atoms with van der Waals surface area (Å²) in [6.07, 6.45) is 9.33. The number of aromatic nitrogens is 7. The molecule has 0 bridgehead atoms. The molecular formula is C24H21FN8O2. The lowest BCUT2D eigenvalue weighted by Crippen LogP contribution is -2.41. The van der Waals surface area contributed by atoms with Crippen molar-refractivity contribution in [3.05, 3.63) is 77.5 Å². The van der Waals surface area contributed by atoms with Gasteiger partial charge < -0.3 is 14.3 Å². The molecule has 6 heterocycles. The number of nitrogens with zero attached hydrogens (tertiary/aromatic N) is 7. The van der Waals surface area contributed by atoms with Crippen LogP contribution >= 0.6 is 0 Å². The van der Waals surface area contributed by atoms with Crippen molar-refractivity contribution in [1.82, 2.24) is 39.2 Å². The molecule has 0 spiro atoms. The van der Waals surface area contributed by atoms with Gasteiger partial charge in [0, 0.05) is 44.0 Å². The number of hydrogen-bond acceptors (Lipinski definition) is 6. The molecule has 1 aliphatic carbocycles. The molecular weight excluding hydrogens is 451 g/mol. The van der Waals surface area contributed by atoms with Crippen LogP contribution in [0.5, 0.6) is 0 Å². The van der Waals surface area contributed by atoms with E-state index in [-0.39, 0.29) is 23.4 Å². The summed E-state index contributed by atoms with van der Waals surface area (Å²) in [6.45, 7) is 0.433. The number of halogens is 1. The fourth-order valence-electron chi connectivity index (χ4n) is 4.83. The van der Waals surface area contributed by atoms with Crippen molar-refractivity contribution in [2.75, 3.05) is 6.54 Å². The van der Waals surface area contributed by atoms with Crippen molar-refractivity contribution in [2.24, 2.45) is 7.05 Å². The molecule has 1 aliphatic heterocycles. The van der Waals surface area contributed by atoms with Gasteiger partial charge in [0.15, 0.2) is 0 Å². The highest BCUT2D eigenvalue weighted by molar-refractivity contribution is 5.94. The Hall–Kier alpha value is -4.28. The lowest BCUT2D eigenvalue weighted by molar-refractivity contribution is 0.0653. The normalized spacial score (nSPS) is 17.8. The summed E-state index contributed by atoms with van der Waals surface area (Å²) in [6, 6.07) is 4.07. The van der Waals surface area contributed by atoms with E-state index in [1.165, 1.54) is 10.6 Å². The molecule has 0 unspecified atom stereocenters. The first kappa shape index (κ1) is 20.1. The van der Waals surface area contributed by atoms with Crippen LogP contribution in [0.25, 0.3) is 17.0 Å². The molecule has 1 amide bonds. The fraction of sp³-hybridized carbons (Fsp3) is 0.292. The van der Waals surface area contributed by atoms with E-state index in [4.69, 9.17) is 9.40 Å². The minimum absolute atomic E-state index is 0.205. The quantitative estimate of drug-likeness (QED) is 0.430. The fourth-order valence-corrected chi connectivity index (χ4v) is 4.83. The number of amides is 1. The van der Waals surface area contributed by atoms with Crippen molar-refractivity contribution in [1.29, 1.82) is 0 Å². The molecule has 5 aromatic heterocycles. The second-order valence-electron chi connectivity index (χ2n) is 9.08. The van der Waals surface area contributed by atoms with Gasteiger partial charge in [-0.2, -0.15) is 10.2 Å². The van der Waals surface area contributed by atoms with E-state index < -0.39 is 6.04 Å². The summed E-state index contributed by atoms with van der Waals surface area (Å²) in [5.74, 6) is 0.175. The summed E-state index contributed by atoms with van der Waals surface area (Å²) in [5.41, 5.74) is 3.92. The molecule has 2 aliphatic rings. The number of H-pyrrole nitrogens is 1. The average Bonchev–Trinajstić information content (AvgIpc) is 3.26. The summed E-state index contributed by atoms with van der Waals surface area (Å²) in [7, 11) is 1.82. The monoisotopic (exact) mass is 472 g/mol. The van der Waals surface area contributed by atoms with Gasteiger partial charge in [-0.25, -0.2) is 18.9 Å². The predicted octanol–water partition coefficient (Wildman–Crippen LogP) is 3.25. The number of hydrogen-bond donors (Lipinski definition) is 1. The standard InChI is InChI=1S/C24H21FN8O2/c1-31-11-14(10-28-31)23-29-19(13-4-5-13)22(35-23)24(34)32-8-6-16-20(27-12-26-16)21(32)17-9-18-15(25)3-2-7-33(18)30-17/h2-3,7,9-13,21H,4-6,8H2,1H3,(H,26,27)/t21-/m0/s1. The molecule has 1 N–H and O–H groups in total. The first-order valence-corrected chi connectivity index (χ1v) is 11.5. The Labute approximate surface area is 198 Å². The maximum atomic E-state index is 14.4.